The largest absolute Gasteiger partial charge is 0.336 e. The van der Waals surface area contributed by atoms with Gasteiger partial charge in [-0.25, -0.2) is 4.68 Å². The molecule has 1 atom stereocenters. The van der Waals surface area contributed by atoms with Crippen molar-refractivity contribution in [1.82, 2.24) is 25.5 Å². The molecule has 0 spiro atoms. The summed E-state index contributed by atoms with van der Waals surface area (Å²) in [4.78, 5) is 2.27. The predicted molar refractivity (Wildman–Crippen MR) is 66.9 cm³/mol. The van der Waals surface area contributed by atoms with E-state index in [0.29, 0.717) is 12.1 Å². The Kier molecular flexibility index (Phi) is 3.93. The van der Waals surface area contributed by atoms with Crippen LogP contribution in [0.5, 0.6) is 0 Å². The van der Waals surface area contributed by atoms with E-state index in [9.17, 15) is 0 Å². The SMILES string of the molecule is CC(C)N(CC1CCCCN1)c1nnnn1C. The monoisotopic (exact) mass is 238 g/mol. The molecule has 1 N–H and O–H groups in total. The van der Waals surface area contributed by atoms with E-state index < -0.39 is 0 Å². The Hall–Kier alpha value is -1.17. The second-order valence-electron chi connectivity index (χ2n) is 5.00. The molecule has 0 saturated carbocycles. The summed E-state index contributed by atoms with van der Waals surface area (Å²) in [6.07, 6.45) is 3.86. The van der Waals surface area contributed by atoms with Gasteiger partial charge in [-0.15, -0.1) is 0 Å². The third-order valence-corrected chi connectivity index (χ3v) is 3.31. The van der Waals surface area contributed by atoms with E-state index in [1.807, 2.05) is 7.05 Å². The molecule has 1 aliphatic rings. The number of piperidine rings is 1. The number of aromatic nitrogens is 4. The Morgan fingerprint density at radius 1 is 1.47 bits per heavy atom. The lowest BCUT2D eigenvalue weighted by Gasteiger charge is -2.33. The van der Waals surface area contributed by atoms with Crippen LogP contribution in [0.25, 0.3) is 0 Å². The predicted octanol–water partition coefficient (Wildman–Crippen LogP) is 0.567. The maximum Gasteiger partial charge on any atom is 0.245 e. The van der Waals surface area contributed by atoms with Gasteiger partial charge in [-0.3, -0.25) is 0 Å². The summed E-state index contributed by atoms with van der Waals surface area (Å²) >= 11 is 0. The van der Waals surface area contributed by atoms with Gasteiger partial charge in [0.05, 0.1) is 0 Å². The Balaban J connectivity index is 2.05. The van der Waals surface area contributed by atoms with Crippen LogP contribution >= 0.6 is 0 Å². The van der Waals surface area contributed by atoms with Gasteiger partial charge in [-0.2, -0.15) is 0 Å². The van der Waals surface area contributed by atoms with Crippen LogP contribution in [0.15, 0.2) is 0 Å². The summed E-state index contributed by atoms with van der Waals surface area (Å²) in [6.45, 7) is 6.47. The second-order valence-corrected chi connectivity index (χ2v) is 5.00. The van der Waals surface area contributed by atoms with Crippen molar-refractivity contribution >= 4 is 5.95 Å². The number of nitrogens with one attached hydrogen (secondary N) is 1. The fraction of sp³-hybridized carbons (Fsp3) is 0.909. The summed E-state index contributed by atoms with van der Waals surface area (Å²) in [7, 11) is 1.89. The average Bonchev–Trinajstić information content (AvgIpc) is 2.73. The number of anilines is 1. The highest BCUT2D eigenvalue weighted by Gasteiger charge is 2.22. The summed E-state index contributed by atoms with van der Waals surface area (Å²) in [6, 6.07) is 0.964. The first-order chi connectivity index (χ1) is 8.18. The molecule has 0 amide bonds. The van der Waals surface area contributed by atoms with Gasteiger partial charge in [0.25, 0.3) is 0 Å². The van der Waals surface area contributed by atoms with E-state index in [1.54, 1.807) is 4.68 Å². The third kappa shape index (κ3) is 2.94. The van der Waals surface area contributed by atoms with Crippen molar-refractivity contribution in [2.45, 2.75) is 45.2 Å². The van der Waals surface area contributed by atoms with E-state index in [4.69, 9.17) is 0 Å². The van der Waals surface area contributed by atoms with Crippen LogP contribution in [0.3, 0.4) is 0 Å². The van der Waals surface area contributed by atoms with Crippen molar-refractivity contribution in [2.75, 3.05) is 18.0 Å². The molecule has 2 heterocycles. The minimum Gasteiger partial charge on any atom is -0.336 e. The number of nitrogens with zero attached hydrogens (tertiary/aromatic N) is 5. The van der Waals surface area contributed by atoms with Crippen molar-refractivity contribution in [3.8, 4) is 0 Å². The van der Waals surface area contributed by atoms with Crippen LogP contribution in [0.2, 0.25) is 0 Å². The van der Waals surface area contributed by atoms with Crippen molar-refractivity contribution in [2.24, 2.45) is 7.05 Å². The van der Waals surface area contributed by atoms with Crippen molar-refractivity contribution in [3.63, 3.8) is 0 Å². The Labute approximate surface area is 102 Å². The zero-order chi connectivity index (χ0) is 12.3. The van der Waals surface area contributed by atoms with Gasteiger partial charge in [-0.1, -0.05) is 11.5 Å². The van der Waals surface area contributed by atoms with Crippen molar-refractivity contribution in [1.29, 1.82) is 0 Å². The highest BCUT2D eigenvalue weighted by molar-refractivity contribution is 5.29. The van der Waals surface area contributed by atoms with E-state index in [2.05, 4.69) is 39.6 Å². The number of aryl methyl sites for hydroxylation is 1. The summed E-state index contributed by atoms with van der Waals surface area (Å²) in [5.41, 5.74) is 0. The number of hydrogen-bond donors (Lipinski definition) is 1. The van der Waals surface area contributed by atoms with Gasteiger partial charge in [-0.05, 0) is 43.7 Å². The molecule has 1 aromatic heterocycles. The molecule has 0 aromatic carbocycles. The summed E-state index contributed by atoms with van der Waals surface area (Å²) in [5.74, 6) is 0.854. The maximum atomic E-state index is 4.10. The van der Waals surface area contributed by atoms with Gasteiger partial charge in [0.15, 0.2) is 0 Å². The number of hydrogen-bond acceptors (Lipinski definition) is 5. The summed E-state index contributed by atoms with van der Waals surface area (Å²) in [5, 5.41) is 15.3. The molecule has 0 radical (unpaired) electrons. The molecule has 1 unspecified atom stereocenters. The zero-order valence-corrected chi connectivity index (χ0v) is 10.9. The second kappa shape index (κ2) is 5.44. The topological polar surface area (TPSA) is 58.9 Å². The molecule has 1 saturated heterocycles. The smallest absolute Gasteiger partial charge is 0.245 e. The van der Waals surface area contributed by atoms with Crippen LogP contribution in [0.1, 0.15) is 33.1 Å². The number of rotatable bonds is 4. The zero-order valence-electron chi connectivity index (χ0n) is 10.9. The van der Waals surface area contributed by atoms with Crippen molar-refractivity contribution < 1.29 is 0 Å². The van der Waals surface area contributed by atoms with E-state index in [0.717, 1.165) is 19.0 Å². The molecule has 6 nitrogen and oxygen atoms in total. The molecular formula is C11H22N6. The molecule has 1 aromatic rings. The molecule has 1 fully saturated rings. The highest BCUT2D eigenvalue weighted by atomic mass is 15.6. The fourth-order valence-corrected chi connectivity index (χ4v) is 2.31. The van der Waals surface area contributed by atoms with Crippen LogP contribution in [-0.4, -0.2) is 45.4 Å². The lowest BCUT2D eigenvalue weighted by atomic mass is 10.0. The molecule has 1 aliphatic heterocycles. The van der Waals surface area contributed by atoms with Gasteiger partial charge < -0.3 is 10.2 Å². The lowest BCUT2D eigenvalue weighted by molar-refractivity contribution is 0.390. The van der Waals surface area contributed by atoms with Gasteiger partial charge >= 0.3 is 0 Å². The summed E-state index contributed by atoms with van der Waals surface area (Å²) < 4.78 is 1.74. The quantitative estimate of drug-likeness (QED) is 0.831. The molecule has 17 heavy (non-hydrogen) atoms. The maximum absolute atomic E-state index is 4.10. The average molecular weight is 238 g/mol. The van der Waals surface area contributed by atoms with Crippen molar-refractivity contribution in [3.05, 3.63) is 0 Å². The lowest BCUT2D eigenvalue weighted by Crippen LogP contribution is -2.46. The normalized spacial score (nSPS) is 20.8. The van der Waals surface area contributed by atoms with E-state index in [1.165, 1.54) is 19.3 Å². The first kappa shape index (κ1) is 12.3. The van der Waals surface area contributed by atoms with Crippen LogP contribution in [-0.2, 0) is 7.05 Å². The molecular weight excluding hydrogens is 216 g/mol. The molecule has 2 rings (SSSR count). The fourth-order valence-electron chi connectivity index (χ4n) is 2.31. The standard InChI is InChI=1S/C11H22N6/c1-9(2)17(11-13-14-15-16(11)3)8-10-6-4-5-7-12-10/h9-10,12H,4-8H2,1-3H3. The van der Waals surface area contributed by atoms with Gasteiger partial charge in [0.1, 0.15) is 0 Å². The van der Waals surface area contributed by atoms with Gasteiger partial charge in [0.2, 0.25) is 5.95 Å². The molecule has 96 valence electrons. The first-order valence-electron chi connectivity index (χ1n) is 6.41. The molecule has 6 heteroatoms. The van der Waals surface area contributed by atoms with Crippen LogP contribution < -0.4 is 10.2 Å². The number of tetrazole rings is 1. The van der Waals surface area contributed by atoms with Crippen LogP contribution in [0, 0.1) is 0 Å². The first-order valence-corrected chi connectivity index (χ1v) is 6.41. The third-order valence-electron chi connectivity index (χ3n) is 3.31. The Bertz CT molecular complexity index is 341. The highest BCUT2D eigenvalue weighted by Crippen LogP contribution is 2.15. The van der Waals surface area contributed by atoms with Gasteiger partial charge in [0, 0.05) is 25.7 Å². The minimum absolute atomic E-state index is 0.406. The van der Waals surface area contributed by atoms with Crippen LogP contribution in [0.4, 0.5) is 5.95 Å². The van der Waals surface area contributed by atoms with E-state index in [-0.39, 0.29) is 0 Å². The Morgan fingerprint density at radius 3 is 2.82 bits per heavy atom. The Morgan fingerprint density at radius 2 is 2.29 bits per heavy atom. The van der Waals surface area contributed by atoms with E-state index >= 15 is 0 Å². The molecule has 0 bridgehead atoms. The minimum atomic E-state index is 0.406. The molecule has 0 aliphatic carbocycles.